The highest BCUT2D eigenvalue weighted by atomic mass is 19.2. The monoisotopic (exact) mass is 609 g/mol. The molecule has 1 aromatic heterocycles. The molecule has 7 nitrogen and oxygen atoms in total. The molecule has 226 valence electrons. The van der Waals surface area contributed by atoms with Crippen molar-refractivity contribution in [2.24, 2.45) is 0 Å². The summed E-state index contributed by atoms with van der Waals surface area (Å²) in [6, 6.07) is 11.8. The number of halogens is 5. The number of hydrogen-bond acceptors (Lipinski definition) is 4. The number of amides is 2. The average Bonchev–Trinajstić information content (AvgIpc) is 3.10. The highest BCUT2D eigenvalue weighted by molar-refractivity contribution is 5.99. The van der Waals surface area contributed by atoms with Crippen LogP contribution in [0.4, 0.5) is 22.0 Å². The zero-order valence-corrected chi connectivity index (χ0v) is 23.2. The number of nitrogens with one attached hydrogen (secondary N) is 1. The summed E-state index contributed by atoms with van der Waals surface area (Å²) in [6.45, 7) is 0.916. The van der Waals surface area contributed by atoms with Gasteiger partial charge in [-0.1, -0.05) is 30.3 Å². The van der Waals surface area contributed by atoms with Crippen molar-refractivity contribution in [2.45, 2.75) is 38.6 Å². The first-order valence-corrected chi connectivity index (χ1v) is 13.6. The molecule has 0 fully saturated rings. The molecular weight excluding hydrogens is 585 g/mol. The normalized spacial score (nSPS) is 17.0. The third-order valence-corrected chi connectivity index (χ3v) is 7.95. The van der Waals surface area contributed by atoms with Gasteiger partial charge in [0.05, 0.1) is 5.54 Å². The Labute approximate surface area is 247 Å². The van der Waals surface area contributed by atoms with Crippen molar-refractivity contribution >= 4 is 11.8 Å². The molecule has 0 aliphatic carbocycles. The zero-order valence-electron chi connectivity index (χ0n) is 23.2. The van der Waals surface area contributed by atoms with Crippen LogP contribution in [0.25, 0.3) is 0 Å². The van der Waals surface area contributed by atoms with Gasteiger partial charge in [-0.05, 0) is 42.2 Å². The van der Waals surface area contributed by atoms with E-state index in [1.54, 1.807) is 37.3 Å². The Kier molecular flexibility index (Phi) is 7.22. The van der Waals surface area contributed by atoms with Crippen molar-refractivity contribution in [3.05, 3.63) is 134 Å². The van der Waals surface area contributed by atoms with Crippen LogP contribution in [0.3, 0.4) is 0 Å². The fourth-order valence-corrected chi connectivity index (χ4v) is 5.78. The van der Waals surface area contributed by atoms with Crippen LogP contribution in [-0.4, -0.2) is 27.8 Å². The molecule has 2 amide bonds. The lowest BCUT2D eigenvalue weighted by Gasteiger charge is -2.42. The van der Waals surface area contributed by atoms with Crippen LogP contribution >= 0.6 is 0 Å². The van der Waals surface area contributed by atoms with E-state index >= 15 is 0 Å². The Hall–Kier alpha value is -5.00. The Bertz CT molecular complexity index is 1870. The van der Waals surface area contributed by atoms with Gasteiger partial charge >= 0.3 is 0 Å². The fraction of sp³-hybridized carbons (Fsp3) is 0.219. The summed E-state index contributed by atoms with van der Waals surface area (Å²) in [6.07, 6.45) is 1.27. The van der Waals surface area contributed by atoms with Gasteiger partial charge < -0.3 is 19.5 Å². The number of aromatic nitrogens is 1. The van der Waals surface area contributed by atoms with Gasteiger partial charge in [-0.25, -0.2) is 22.0 Å². The second kappa shape index (κ2) is 10.9. The molecule has 12 heteroatoms. The molecular formula is C32H24F5N3O4. The van der Waals surface area contributed by atoms with E-state index in [0.29, 0.717) is 28.8 Å². The average molecular weight is 610 g/mol. The Morgan fingerprint density at radius 3 is 2.27 bits per heavy atom. The van der Waals surface area contributed by atoms with Crippen LogP contribution in [0.2, 0.25) is 0 Å². The molecule has 2 aliphatic rings. The van der Waals surface area contributed by atoms with Crippen LogP contribution in [0.5, 0.6) is 5.75 Å². The van der Waals surface area contributed by atoms with Crippen LogP contribution in [-0.2, 0) is 31.7 Å². The maximum absolute atomic E-state index is 14.3. The molecule has 0 radical (unpaired) electrons. The van der Waals surface area contributed by atoms with Crippen molar-refractivity contribution in [3.8, 4) is 5.75 Å². The highest BCUT2D eigenvalue weighted by Crippen LogP contribution is 2.38. The summed E-state index contributed by atoms with van der Waals surface area (Å²) >= 11 is 0. The second-order valence-corrected chi connectivity index (χ2v) is 11.1. The minimum Gasteiger partial charge on any atom is -0.483 e. The molecule has 3 heterocycles. The highest BCUT2D eigenvalue weighted by Gasteiger charge is 2.45. The molecule has 0 saturated heterocycles. The van der Waals surface area contributed by atoms with Crippen molar-refractivity contribution in [2.75, 3.05) is 6.54 Å². The van der Waals surface area contributed by atoms with Crippen LogP contribution < -0.4 is 15.5 Å². The number of carbonyl (C=O) groups is 2. The number of hydrogen-bond donors (Lipinski definition) is 1. The molecule has 44 heavy (non-hydrogen) atoms. The van der Waals surface area contributed by atoms with Crippen LogP contribution in [0.15, 0.2) is 65.6 Å². The Morgan fingerprint density at radius 2 is 1.59 bits per heavy atom. The van der Waals surface area contributed by atoms with Gasteiger partial charge in [0.15, 0.2) is 23.1 Å². The number of carbonyl (C=O) groups excluding carboxylic acids is 2. The smallest absolute Gasteiger partial charge is 0.274 e. The van der Waals surface area contributed by atoms with E-state index in [0.717, 1.165) is 12.1 Å². The first kappa shape index (κ1) is 29.1. The van der Waals surface area contributed by atoms with Crippen molar-refractivity contribution < 1.29 is 36.3 Å². The van der Waals surface area contributed by atoms with E-state index in [9.17, 15) is 36.3 Å². The molecule has 2 bridgehead atoms. The van der Waals surface area contributed by atoms with E-state index in [-0.39, 0.29) is 31.8 Å². The van der Waals surface area contributed by atoms with Gasteiger partial charge in [0.25, 0.3) is 11.8 Å². The van der Waals surface area contributed by atoms with Gasteiger partial charge in [0, 0.05) is 43.5 Å². The standard InChI is InChI=1S/C32H24F5N3O4/c1-32-11-18-7-25(36)26(37)8-19(18)13-39(16-32)31(43)27-29(44-15-17-5-3-2-4-6-17)28(41)22(14-40(27)32)30(42)38-12-21-23(34)9-20(33)10-24(21)35/h2-10,14H,11-13,15-16H2,1H3,(H,38,42). The lowest BCUT2D eigenvalue weighted by molar-refractivity contribution is 0.0557. The van der Waals surface area contributed by atoms with E-state index in [2.05, 4.69) is 5.32 Å². The summed E-state index contributed by atoms with van der Waals surface area (Å²) in [7, 11) is 0. The van der Waals surface area contributed by atoms with Crippen molar-refractivity contribution in [3.63, 3.8) is 0 Å². The Balaban J connectivity index is 1.46. The number of nitrogens with zero attached hydrogens (tertiary/aromatic N) is 2. The largest absolute Gasteiger partial charge is 0.483 e. The minimum absolute atomic E-state index is 0.0513. The molecule has 0 spiro atoms. The van der Waals surface area contributed by atoms with Crippen molar-refractivity contribution in [1.29, 1.82) is 0 Å². The van der Waals surface area contributed by atoms with E-state index in [1.807, 2.05) is 0 Å². The first-order valence-electron chi connectivity index (χ1n) is 13.6. The summed E-state index contributed by atoms with van der Waals surface area (Å²) in [5.74, 6) is -7.79. The predicted octanol–water partition coefficient (Wildman–Crippen LogP) is 4.98. The van der Waals surface area contributed by atoms with E-state index in [1.165, 1.54) is 15.7 Å². The number of rotatable bonds is 6. The number of fused-ring (bicyclic) bond motifs is 5. The number of benzene rings is 3. The maximum Gasteiger partial charge on any atom is 0.274 e. The summed E-state index contributed by atoms with van der Waals surface area (Å²) in [5.41, 5.74) is -1.77. The van der Waals surface area contributed by atoms with Crippen LogP contribution in [0, 0.1) is 29.1 Å². The fourth-order valence-electron chi connectivity index (χ4n) is 5.78. The summed E-state index contributed by atoms with van der Waals surface area (Å²) in [4.78, 5) is 42.4. The first-order chi connectivity index (χ1) is 20.9. The van der Waals surface area contributed by atoms with Gasteiger partial charge in [-0.3, -0.25) is 14.4 Å². The molecule has 1 atom stereocenters. The maximum atomic E-state index is 14.3. The van der Waals surface area contributed by atoms with Gasteiger partial charge in [0.2, 0.25) is 5.43 Å². The second-order valence-electron chi connectivity index (χ2n) is 11.1. The lowest BCUT2D eigenvalue weighted by Crippen LogP contribution is -2.53. The molecule has 6 rings (SSSR count). The minimum atomic E-state index is -1.23. The predicted molar refractivity (Wildman–Crippen MR) is 147 cm³/mol. The lowest BCUT2D eigenvalue weighted by atomic mass is 9.89. The van der Waals surface area contributed by atoms with Gasteiger partial charge in [0.1, 0.15) is 29.6 Å². The third-order valence-electron chi connectivity index (χ3n) is 7.95. The SMILES string of the molecule is CC12Cc3cc(F)c(F)cc3CN(C1)C(=O)c1c(OCc3ccccc3)c(=O)c(C(=O)NCc3c(F)cc(F)cc3F)cn12. The molecule has 2 aliphatic heterocycles. The number of ether oxygens (including phenoxy) is 1. The van der Waals surface area contributed by atoms with Crippen LogP contribution in [0.1, 0.15) is 50.0 Å². The van der Waals surface area contributed by atoms with E-state index < -0.39 is 75.3 Å². The third kappa shape index (κ3) is 5.10. The van der Waals surface area contributed by atoms with Gasteiger partial charge in [-0.2, -0.15) is 0 Å². The molecule has 1 unspecified atom stereocenters. The molecule has 3 aromatic carbocycles. The van der Waals surface area contributed by atoms with Gasteiger partial charge in [-0.15, -0.1) is 0 Å². The van der Waals surface area contributed by atoms with Crippen molar-refractivity contribution in [1.82, 2.24) is 14.8 Å². The summed E-state index contributed by atoms with van der Waals surface area (Å²) in [5, 5.41) is 2.29. The summed E-state index contributed by atoms with van der Waals surface area (Å²) < 4.78 is 77.6. The Morgan fingerprint density at radius 1 is 0.932 bits per heavy atom. The van der Waals surface area contributed by atoms with E-state index in [4.69, 9.17) is 4.74 Å². The molecule has 4 aromatic rings. The molecule has 0 saturated carbocycles. The zero-order chi connectivity index (χ0) is 31.3. The number of pyridine rings is 1. The topological polar surface area (TPSA) is 80.6 Å². The molecule has 1 N–H and O–H groups in total. The quantitative estimate of drug-likeness (QED) is 0.313.